The van der Waals surface area contributed by atoms with E-state index in [2.05, 4.69) is 34.6 Å². The van der Waals surface area contributed by atoms with E-state index >= 15 is 0 Å². The maximum atomic E-state index is 4.51. The molecule has 1 unspecified atom stereocenters. The molecule has 1 saturated heterocycles. The molecule has 1 fully saturated rings. The third-order valence-electron chi connectivity index (χ3n) is 3.60. The van der Waals surface area contributed by atoms with Crippen molar-refractivity contribution in [3.8, 4) is 0 Å². The van der Waals surface area contributed by atoms with Gasteiger partial charge in [0.15, 0.2) is 0 Å². The summed E-state index contributed by atoms with van der Waals surface area (Å²) < 4.78 is 0. The number of aryl methyl sites for hydroxylation is 1. The minimum Gasteiger partial charge on any atom is -0.314 e. The molecule has 0 saturated carbocycles. The van der Waals surface area contributed by atoms with Crippen molar-refractivity contribution in [2.75, 3.05) is 20.1 Å². The molecule has 0 aliphatic carbocycles. The van der Waals surface area contributed by atoms with Gasteiger partial charge in [-0.25, -0.2) is 4.98 Å². The summed E-state index contributed by atoms with van der Waals surface area (Å²) in [5, 5.41) is 6.96. The average Bonchev–Trinajstić information content (AvgIpc) is 2.76. The monoisotopic (exact) mass is 267 g/mol. The van der Waals surface area contributed by atoms with Crippen LogP contribution in [0.1, 0.15) is 42.8 Å². The van der Waals surface area contributed by atoms with Gasteiger partial charge in [0.25, 0.3) is 0 Å². The van der Waals surface area contributed by atoms with E-state index in [1.165, 1.54) is 55.9 Å². The molecular formula is C14H25N3S. The van der Waals surface area contributed by atoms with Crippen LogP contribution < -0.4 is 5.32 Å². The third-order valence-corrected chi connectivity index (χ3v) is 4.43. The largest absolute Gasteiger partial charge is 0.314 e. The van der Waals surface area contributed by atoms with E-state index < -0.39 is 0 Å². The zero-order chi connectivity index (χ0) is 12.8. The van der Waals surface area contributed by atoms with Crippen LogP contribution in [0.5, 0.6) is 0 Å². The van der Waals surface area contributed by atoms with Gasteiger partial charge in [0.1, 0.15) is 0 Å². The van der Waals surface area contributed by atoms with Gasteiger partial charge < -0.3 is 10.2 Å². The second-order valence-electron chi connectivity index (χ2n) is 5.38. The lowest BCUT2D eigenvalue weighted by molar-refractivity contribution is 0.295. The Bertz CT molecular complexity index is 345. The predicted molar refractivity (Wildman–Crippen MR) is 78.1 cm³/mol. The van der Waals surface area contributed by atoms with Crippen molar-refractivity contribution in [1.29, 1.82) is 0 Å². The van der Waals surface area contributed by atoms with Gasteiger partial charge >= 0.3 is 0 Å². The summed E-state index contributed by atoms with van der Waals surface area (Å²) >= 11 is 1.75. The molecule has 1 atom stereocenters. The summed E-state index contributed by atoms with van der Waals surface area (Å²) in [6, 6.07) is 0.772. The highest BCUT2D eigenvalue weighted by Gasteiger charge is 2.12. The van der Waals surface area contributed by atoms with Crippen LogP contribution >= 0.6 is 11.3 Å². The van der Waals surface area contributed by atoms with E-state index in [-0.39, 0.29) is 0 Å². The second-order valence-corrected chi connectivity index (χ2v) is 6.45. The highest BCUT2D eigenvalue weighted by Crippen LogP contribution is 2.13. The van der Waals surface area contributed by atoms with Crippen LogP contribution in [0.15, 0.2) is 5.38 Å². The van der Waals surface area contributed by atoms with Crippen LogP contribution in [-0.2, 0) is 6.54 Å². The molecule has 0 bridgehead atoms. The maximum absolute atomic E-state index is 4.51. The molecule has 102 valence electrons. The first-order valence-corrected chi connectivity index (χ1v) is 7.95. The SMILES string of the molecule is Cc1nc(CN(C)CCCC2CCCCN2)cs1. The van der Waals surface area contributed by atoms with Crippen molar-refractivity contribution in [1.82, 2.24) is 15.2 Å². The van der Waals surface area contributed by atoms with Crippen LogP contribution in [0.3, 0.4) is 0 Å². The minimum absolute atomic E-state index is 0.772. The molecule has 2 rings (SSSR count). The Morgan fingerprint density at radius 1 is 1.50 bits per heavy atom. The summed E-state index contributed by atoms with van der Waals surface area (Å²) in [4.78, 5) is 6.90. The first kappa shape index (κ1) is 14.0. The summed E-state index contributed by atoms with van der Waals surface area (Å²) in [6.07, 6.45) is 6.75. The highest BCUT2D eigenvalue weighted by atomic mass is 32.1. The number of piperidine rings is 1. The standard InChI is InChI=1S/C14H25N3S/c1-12-16-14(11-18-12)10-17(2)9-5-7-13-6-3-4-8-15-13/h11,13,15H,3-10H2,1-2H3. The first-order valence-electron chi connectivity index (χ1n) is 7.07. The fourth-order valence-electron chi connectivity index (χ4n) is 2.61. The quantitative estimate of drug-likeness (QED) is 0.859. The molecule has 2 heterocycles. The number of rotatable bonds is 6. The van der Waals surface area contributed by atoms with Gasteiger partial charge in [-0.2, -0.15) is 0 Å². The van der Waals surface area contributed by atoms with Gasteiger partial charge in [-0.1, -0.05) is 6.42 Å². The summed E-state index contributed by atoms with van der Waals surface area (Å²) in [5.41, 5.74) is 1.22. The molecular weight excluding hydrogens is 242 g/mol. The molecule has 1 aliphatic heterocycles. The smallest absolute Gasteiger partial charge is 0.0897 e. The molecule has 0 aromatic carbocycles. The fourth-order valence-corrected chi connectivity index (χ4v) is 3.22. The second kappa shape index (κ2) is 7.22. The number of aromatic nitrogens is 1. The van der Waals surface area contributed by atoms with E-state index in [0.717, 1.165) is 12.6 Å². The van der Waals surface area contributed by atoms with Crippen molar-refractivity contribution >= 4 is 11.3 Å². The first-order chi connectivity index (χ1) is 8.74. The van der Waals surface area contributed by atoms with Crippen molar-refractivity contribution in [2.24, 2.45) is 0 Å². The lowest BCUT2D eigenvalue weighted by Gasteiger charge is -2.24. The zero-order valence-corrected chi connectivity index (χ0v) is 12.4. The van der Waals surface area contributed by atoms with Gasteiger partial charge in [-0.15, -0.1) is 11.3 Å². The Kier molecular flexibility index (Phi) is 5.60. The van der Waals surface area contributed by atoms with Crippen molar-refractivity contribution in [3.05, 3.63) is 16.1 Å². The van der Waals surface area contributed by atoms with Crippen molar-refractivity contribution in [2.45, 2.75) is 51.6 Å². The zero-order valence-electron chi connectivity index (χ0n) is 11.6. The van der Waals surface area contributed by atoms with Gasteiger partial charge in [0, 0.05) is 18.0 Å². The van der Waals surface area contributed by atoms with Crippen LogP contribution in [0.25, 0.3) is 0 Å². The van der Waals surface area contributed by atoms with Crippen LogP contribution in [0, 0.1) is 6.92 Å². The Balaban J connectivity index is 1.60. The maximum Gasteiger partial charge on any atom is 0.0897 e. The molecule has 1 N–H and O–H groups in total. The lowest BCUT2D eigenvalue weighted by atomic mass is 10.0. The number of hydrogen-bond acceptors (Lipinski definition) is 4. The number of nitrogens with one attached hydrogen (secondary N) is 1. The molecule has 3 nitrogen and oxygen atoms in total. The van der Waals surface area contributed by atoms with E-state index in [9.17, 15) is 0 Å². The number of nitrogens with zero attached hydrogens (tertiary/aromatic N) is 2. The molecule has 1 aromatic rings. The molecule has 0 amide bonds. The van der Waals surface area contributed by atoms with Crippen molar-refractivity contribution < 1.29 is 0 Å². The van der Waals surface area contributed by atoms with E-state index in [4.69, 9.17) is 0 Å². The molecule has 0 spiro atoms. The summed E-state index contributed by atoms with van der Waals surface area (Å²) in [7, 11) is 2.20. The van der Waals surface area contributed by atoms with Crippen molar-refractivity contribution in [3.63, 3.8) is 0 Å². The summed E-state index contributed by atoms with van der Waals surface area (Å²) in [5.74, 6) is 0. The Labute approximate surface area is 115 Å². The topological polar surface area (TPSA) is 28.2 Å². The average molecular weight is 267 g/mol. The molecule has 0 radical (unpaired) electrons. The molecule has 4 heteroatoms. The predicted octanol–water partition coefficient (Wildman–Crippen LogP) is 2.81. The molecule has 1 aromatic heterocycles. The van der Waals surface area contributed by atoms with Crippen LogP contribution in [0.2, 0.25) is 0 Å². The summed E-state index contributed by atoms with van der Waals surface area (Å²) in [6.45, 7) is 5.46. The van der Waals surface area contributed by atoms with Gasteiger partial charge in [0.2, 0.25) is 0 Å². The van der Waals surface area contributed by atoms with Crippen LogP contribution in [-0.4, -0.2) is 36.1 Å². The Morgan fingerprint density at radius 3 is 3.06 bits per heavy atom. The fraction of sp³-hybridized carbons (Fsp3) is 0.786. The van der Waals surface area contributed by atoms with E-state index in [1.807, 2.05) is 0 Å². The normalized spacial score (nSPS) is 20.5. The molecule has 18 heavy (non-hydrogen) atoms. The van der Waals surface area contributed by atoms with Gasteiger partial charge in [0.05, 0.1) is 10.7 Å². The number of thiazole rings is 1. The molecule has 1 aliphatic rings. The van der Waals surface area contributed by atoms with E-state index in [1.54, 1.807) is 11.3 Å². The van der Waals surface area contributed by atoms with Gasteiger partial charge in [-0.05, 0) is 52.7 Å². The Hall–Kier alpha value is -0.450. The lowest BCUT2D eigenvalue weighted by Crippen LogP contribution is -2.34. The highest BCUT2D eigenvalue weighted by molar-refractivity contribution is 7.09. The van der Waals surface area contributed by atoms with Gasteiger partial charge in [-0.3, -0.25) is 0 Å². The minimum atomic E-state index is 0.772. The Morgan fingerprint density at radius 2 is 2.39 bits per heavy atom. The number of hydrogen-bond donors (Lipinski definition) is 1. The third kappa shape index (κ3) is 4.67. The van der Waals surface area contributed by atoms with Crippen LogP contribution in [0.4, 0.5) is 0 Å². The van der Waals surface area contributed by atoms with E-state index in [0.29, 0.717) is 0 Å².